The number of benzene rings is 2. The number of aryl methyl sites for hydroxylation is 1. The standard InChI is InChI=1S/C26H18ClF8N3O2/c1-13-12-14(24(29,25(30,31)32)26(33,34)35)7-8-18(13)37-21(39)15-4-2-6-17(27)19(15)22(40)38-23(9-10-23)16-5-3-11-36-20(16)28/h2-8,11-12H,9-10H2,1H3,(H,37,39)(H,38,40). The number of anilines is 1. The summed E-state index contributed by atoms with van der Waals surface area (Å²) in [6.07, 6.45) is -10.6. The van der Waals surface area contributed by atoms with Crippen LogP contribution in [0, 0.1) is 12.9 Å². The van der Waals surface area contributed by atoms with Crippen LogP contribution in [0.5, 0.6) is 0 Å². The molecule has 3 aromatic rings. The maximum Gasteiger partial charge on any atom is 0.435 e. The van der Waals surface area contributed by atoms with E-state index in [1.165, 1.54) is 36.5 Å². The third-order valence-corrected chi connectivity index (χ3v) is 6.83. The molecule has 0 atom stereocenters. The van der Waals surface area contributed by atoms with Gasteiger partial charge in [0.05, 0.1) is 21.7 Å². The number of amides is 2. The average Bonchev–Trinajstić information content (AvgIpc) is 3.63. The van der Waals surface area contributed by atoms with Gasteiger partial charge in [0.2, 0.25) is 5.95 Å². The zero-order valence-electron chi connectivity index (χ0n) is 20.3. The van der Waals surface area contributed by atoms with Gasteiger partial charge in [-0.3, -0.25) is 9.59 Å². The van der Waals surface area contributed by atoms with Gasteiger partial charge >= 0.3 is 18.0 Å². The molecule has 1 aliphatic carbocycles. The highest BCUT2D eigenvalue weighted by atomic mass is 35.5. The summed E-state index contributed by atoms with van der Waals surface area (Å²) in [6.45, 7) is 1.07. The monoisotopic (exact) mass is 591 g/mol. The van der Waals surface area contributed by atoms with Crippen LogP contribution >= 0.6 is 11.6 Å². The molecule has 1 aliphatic rings. The predicted molar refractivity (Wildman–Crippen MR) is 128 cm³/mol. The highest BCUT2D eigenvalue weighted by Crippen LogP contribution is 2.53. The van der Waals surface area contributed by atoms with Crippen molar-refractivity contribution in [1.82, 2.24) is 10.3 Å². The van der Waals surface area contributed by atoms with E-state index in [9.17, 15) is 44.7 Å². The Balaban J connectivity index is 1.62. The van der Waals surface area contributed by atoms with Gasteiger partial charge in [-0.15, -0.1) is 0 Å². The molecule has 2 aromatic carbocycles. The summed E-state index contributed by atoms with van der Waals surface area (Å²) in [5.74, 6) is -2.61. The summed E-state index contributed by atoms with van der Waals surface area (Å²) in [7, 11) is 0. The molecule has 1 heterocycles. The van der Waals surface area contributed by atoms with Crippen molar-refractivity contribution in [2.75, 3.05) is 5.32 Å². The highest BCUT2D eigenvalue weighted by molar-refractivity contribution is 6.35. The molecule has 1 saturated carbocycles. The van der Waals surface area contributed by atoms with Gasteiger partial charge in [0.15, 0.2) is 0 Å². The van der Waals surface area contributed by atoms with E-state index < -0.39 is 46.9 Å². The fourth-order valence-electron chi connectivity index (χ4n) is 4.25. The van der Waals surface area contributed by atoms with Crippen molar-refractivity contribution in [3.8, 4) is 0 Å². The molecule has 0 spiro atoms. The summed E-state index contributed by atoms with van der Waals surface area (Å²) in [5, 5.41) is 4.80. The van der Waals surface area contributed by atoms with Crippen LogP contribution in [-0.4, -0.2) is 29.2 Å². The molecule has 0 unspecified atom stereocenters. The van der Waals surface area contributed by atoms with Crippen molar-refractivity contribution in [2.24, 2.45) is 0 Å². The molecule has 14 heteroatoms. The third kappa shape index (κ3) is 5.09. The minimum atomic E-state index is -6.30. The van der Waals surface area contributed by atoms with Crippen LogP contribution in [0.3, 0.4) is 0 Å². The smallest absolute Gasteiger partial charge is 0.342 e. The number of aromatic nitrogens is 1. The van der Waals surface area contributed by atoms with E-state index in [0.29, 0.717) is 25.0 Å². The van der Waals surface area contributed by atoms with E-state index in [1.807, 2.05) is 0 Å². The molecule has 2 amide bonds. The van der Waals surface area contributed by atoms with Crippen LogP contribution in [-0.2, 0) is 11.2 Å². The van der Waals surface area contributed by atoms with Gasteiger partial charge in [0.1, 0.15) is 0 Å². The number of rotatable bonds is 6. The third-order valence-electron chi connectivity index (χ3n) is 6.52. The maximum atomic E-state index is 14.4. The molecule has 0 aliphatic heterocycles. The molecule has 1 aromatic heterocycles. The quantitative estimate of drug-likeness (QED) is 0.236. The molecule has 40 heavy (non-hydrogen) atoms. The molecule has 4 rings (SSSR count). The molecule has 2 N–H and O–H groups in total. The van der Waals surface area contributed by atoms with E-state index in [-0.39, 0.29) is 39.0 Å². The zero-order valence-corrected chi connectivity index (χ0v) is 21.0. The predicted octanol–water partition coefficient (Wildman–Crippen LogP) is 7.14. The summed E-state index contributed by atoms with van der Waals surface area (Å²) in [4.78, 5) is 29.9. The first-order valence-electron chi connectivity index (χ1n) is 11.5. The van der Waals surface area contributed by atoms with Crippen molar-refractivity contribution in [3.63, 3.8) is 0 Å². The Morgan fingerprint density at radius 3 is 2.12 bits per heavy atom. The lowest BCUT2D eigenvalue weighted by molar-refractivity contribution is -0.348. The first-order chi connectivity index (χ1) is 18.5. The second-order valence-electron chi connectivity index (χ2n) is 9.18. The topological polar surface area (TPSA) is 71.1 Å². The van der Waals surface area contributed by atoms with Crippen LogP contribution in [0.1, 0.15) is 50.2 Å². The van der Waals surface area contributed by atoms with E-state index in [0.717, 1.165) is 6.92 Å². The van der Waals surface area contributed by atoms with E-state index in [4.69, 9.17) is 11.6 Å². The van der Waals surface area contributed by atoms with Crippen molar-refractivity contribution < 1.29 is 44.7 Å². The van der Waals surface area contributed by atoms with Gasteiger partial charge in [-0.2, -0.15) is 30.7 Å². The lowest BCUT2D eigenvalue weighted by Gasteiger charge is -2.30. The normalized spacial score (nSPS) is 14.9. The fraction of sp³-hybridized carbons (Fsp3) is 0.269. The molecular formula is C26H18ClF8N3O2. The van der Waals surface area contributed by atoms with Gasteiger partial charge in [0.25, 0.3) is 11.8 Å². The van der Waals surface area contributed by atoms with Crippen molar-refractivity contribution in [1.29, 1.82) is 0 Å². The number of pyridine rings is 1. The summed E-state index contributed by atoms with van der Waals surface area (Å²) < 4.78 is 107. The molecular weight excluding hydrogens is 574 g/mol. The molecule has 212 valence electrons. The second kappa shape index (κ2) is 10.0. The molecule has 5 nitrogen and oxygen atoms in total. The molecule has 0 radical (unpaired) electrons. The van der Waals surface area contributed by atoms with Crippen molar-refractivity contribution >= 4 is 29.1 Å². The van der Waals surface area contributed by atoms with E-state index >= 15 is 0 Å². The van der Waals surface area contributed by atoms with Crippen molar-refractivity contribution in [3.05, 3.63) is 93.5 Å². The molecule has 0 saturated heterocycles. The van der Waals surface area contributed by atoms with Crippen LogP contribution in [0.4, 0.5) is 40.8 Å². The number of carbonyl (C=O) groups excluding carboxylic acids is 2. The Hall–Kier alpha value is -3.74. The Bertz CT molecular complexity index is 1470. The number of nitrogens with zero attached hydrogens (tertiary/aromatic N) is 1. The largest absolute Gasteiger partial charge is 0.435 e. The first-order valence-corrected chi connectivity index (χ1v) is 11.9. The number of alkyl halides is 7. The number of nitrogens with one attached hydrogen (secondary N) is 2. The van der Waals surface area contributed by atoms with E-state index in [2.05, 4.69) is 15.6 Å². The van der Waals surface area contributed by atoms with Gasteiger partial charge in [0, 0.05) is 23.0 Å². The number of hydrogen-bond acceptors (Lipinski definition) is 3. The Morgan fingerprint density at radius 2 is 1.57 bits per heavy atom. The Kier molecular flexibility index (Phi) is 7.33. The van der Waals surface area contributed by atoms with Gasteiger partial charge in [-0.25, -0.2) is 9.37 Å². The van der Waals surface area contributed by atoms with Gasteiger partial charge < -0.3 is 10.6 Å². The SMILES string of the molecule is Cc1cc(C(F)(C(F)(F)F)C(F)(F)F)ccc1NC(=O)c1cccc(Cl)c1C(=O)NC1(c2cccnc2F)CC1. The second-order valence-corrected chi connectivity index (χ2v) is 9.59. The van der Waals surface area contributed by atoms with Crippen LogP contribution in [0.25, 0.3) is 0 Å². The molecule has 1 fully saturated rings. The number of halogens is 9. The van der Waals surface area contributed by atoms with Crippen LogP contribution in [0.2, 0.25) is 5.02 Å². The highest BCUT2D eigenvalue weighted by Gasteiger charge is 2.73. The van der Waals surface area contributed by atoms with Crippen LogP contribution in [0.15, 0.2) is 54.7 Å². The Labute approximate surface area is 226 Å². The maximum absolute atomic E-state index is 14.4. The number of hydrogen-bond donors (Lipinski definition) is 2. The lowest BCUT2D eigenvalue weighted by Crippen LogP contribution is -2.50. The zero-order chi connectivity index (χ0) is 29.7. The summed E-state index contributed by atoms with van der Waals surface area (Å²) in [5.41, 5.74) is -9.46. The summed E-state index contributed by atoms with van der Waals surface area (Å²) >= 11 is 6.20. The lowest BCUT2D eigenvalue weighted by atomic mass is 9.92. The minimum Gasteiger partial charge on any atom is -0.342 e. The number of carbonyl (C=O) groups is 2. The fourth-order valence-corrected chi connectivity index (χ4v) is 4.51. The average molecular weight is 592 g/mol. The van der Waals surface area contributed by atoms with Gasteiger partial charge in [-0.1, -0.05) is 35.9 Å². The first kappa shape index (κ1) is 29.2. The van der Waals surface area contributed by atoms with Crippen molar-refractivity contribution in [2.45, 2.75) is 43.3 Å². The summed E-state index contributed by atoms with van der Waals surface area (Å²) in [6, 6.07) is 8.06. The van der Waals surface area contributed by atoms with Crippen LogP contribution < -0.4 is 10.6 Å². The minimum absolute atomic E-state index is 0.138. The van der Waals surface area contributed by atoms with Gasteiger partial charge in [-0.05, 0) is 49.6 Å². The van der Waals surface area contributed by atoms with E-state index in [1.54, 1.807) is 0 Å². The molecule has 0 bridgehead atoms. The Morgan fingerprint density at radius 1 is 0.925 bits per heavy atom.